The van der Waals surface area contributed by atoms with Gasteiger partial charge in [-0.3, -0.25) is 4.68 Å². The van der Waals surface area contributed by atoms with Crippen molar-refractivity contribution in [1.82, 2.24) is 15.1 Å². The first kappa shape index (κ1) is 14.3. The minimum atomic E-state index is 0.589. The van der Waals surface area contributed by atoms with Crippen molar-refractivity contribution in [3.63, 3.8) is 0 Å². The van der Waals surface area contributed by atoms with Crippen molar-refractivity contribution in [2.75, 3.05) is 6.54 Å². The maximum absolute atomic E-state index is 4.27. The lowest BCUT2D eigenvalue weighted by molar-refractivity contribution is 0.548. The van der Waals surface area contributed by atoms with Gasteiger partial charge in [0.2, 0.25) is 0 Å². The Labute approximate surface area is 127 Å². The predicted molar refractivity (Wildman–Crippen MR) is 86.5 cm³/mol. The van der Waals surface area contributed by atoms with E-state index in [-0.39, 0.29) is 0 Å². The molecule has 112 valence electrons. The van der Waals surface area contributed by atoms with Crippen LogP contribution in [0.3, 0.4) is 0 Å². The Kier molecular flexibility index (Phi) is 4.39. The van der Waals surface area contributed by atoms with Gasteiger partial charge < -0.3 is 5.32 Å². The summed E-state index contributed by atoms with van der Waals surface area (Å²) < 4.78 is 1.89. The summed E-state index contributed by atoms with van der Waals surface area (Å²) in [5, 5.41) is 7.96. The van der Waals surface area contributed by atoms with Crippen LogP contribution in [0.15, 0.2) is 36.7 Å². The van der Waals surface area contributed by atoms with Gasteiger partial charge in [0.05, 0.1) is 6.20 Å². The molecule has 1 N–H and O–H groups in total. The van der Waals surface area contributed by atoms with Gasteiger partial charge in [-0.25, -0.2) is 0 Å². The topological polar surface area (TPSA) is 29.9 Å². The highest BCUT2D eigenvalue weighted by atomic mass is 15.2. The lowest BCUT2D eigenvalue weighted by Gasteiger charge is -2.18. The average molecular weight is 283 g/mol. The van der Waals surface area contributed by atoms with Gasteiger partial charge in [-0.2, -0.15) is 5.10 Å². The van der Waals surface area contributed by atoms with Crippen molar-refractivity contribution >= 4 is 0 Å². The monoisotopic (exact) mass is 283 g/mol. The molecule has 0 aliphatic heterocycles. The standard InChI is InChI=1S/C18H25N3/c1-14-4-3-5-16(10-14)17(12-19-18-8-9-18)7-6-15-11-20-21(2)13-15/h3-5,10-11,13,17-19H,6-9,12H2,1-2H3. The second-order valence-electron chi connectivity index (χ2n) is 6.35. The van der Waals surface area contributed by atoms with Crippen molar-refractivity contribution < 1.29 is 0 Å². The van der Waals surface area contributed by atoms with Crippen molar-refractivity contribution in [1.29, 1.82) is 0 Å². The van der Waals surface area contributed by atoms with Gasteiger partial charge in [-0.15, -0.1) is 0 Å². The fraction of sp³-hybridized carbons (Fsp3) is 0.500. The molecule has 1 saturated carbocycles. The first-order valence-corrected chi connectivity index (χ1v) is 7.98. The molecule has 1 atom stereocenters. The van der Waals surface area contributed by atoms with Crippen molar-refractivity contribution in [3.8, 4) is 0 Å². The third-order valence-corrected chi connectivity index (χ3v) is 4.28. The number of benzene rings is 1. The number of nitrogens with one attached hydrogen (secondary N) is 1. The molecule has 1 aromatic carbocycles. The molecular weight excluding hydrogens is 258 g/mol. The van der Waals surface area contributed by atoms with Crippen LogP contribution in [0.25, 0.3) is 0 Å². The Balaban J connectivity index is 1.65. The molecule has 0 spiro atoms. The van der Waals surface area contributed by atoms with E-state index in [1.165, 1.54) is 36.0 Å². The molecule has 1 aliphatic rings. The van der Waals surface area contributed by atoms with Gasteiger partial charge in [-0.05, 0) is 49.7 Å². The Bertz CT molecular complexity index is 584. The van der Waals surface area contributed by atoms with Gasteiger partial charge in [0.1, 0.15) is 0 Å². The molecule has 3 heteroatoms. The zero-order valence-electron chi connectivity index (χ0n) is 13.0. The number of nitrogens with zero attached hydrogens (tertiary/aromatic N) is 2. The van der Waals surface area contributed by atoms with E-state index < -0.39 is 0 Å². The summed E-state index contributed by atoms with van der Waals surface area (Å²) in [7, 11) is 1.98. The van der Waals surface area contributed by atoms with Crippen LogP contribution >= 0.6 is 0 Å². The number of hydrogen-bond acceptors (Lipinski definition) is 2. The van der Waals surface area contributed by atoms with Gasteiger partial charge in [-0.1, -0.05) is 29.8 Å². The number of aryl methyl sites for hydroxylation is 3. The van der Waals surface area contributed by atoms with Crippen LogP contribution in [0, 0.1) is 6.92 Å². The first-order valence-electron chi connectivity index (χ1n) is 7.98. The molecule has 3 rings (SSSR count). The summed E-state index contributed by atoms with van der Waals surface area (Å²) in [6.07, 6.45) is 9.09. The number of hydrogen-bond donors (Lipinski definition) is 1. The summed E-state index contributed by atoms with van der Waals surface area (Å²) >= 11 is 0. The van der Waals surface area contributed by atoms with Gasteiger partial charge >= 0.3 is 0 Å². The van der Waals surface area contributed by atoms with Crippen LogP contribution in [0.5, 0.6) is 0 Å². The molecule has 0 saturated heterocycles. The zero-order valence-corrected chi connectivity index (χ0v) is 13.0. The minimum absolute atomic E-state index is 0.589. The van der Waals surface area contributed by atoms with Crippen LogP contribution < -0.4 is 5.32 Å². The molecular formula is C18H25N3. The smallest absolute Gasteiger partial charge is 0.0521 e. The van der Waals surface area contributed by atoms with Crippen LogP contribution in [0.1, 0.15) is 41.9 Å². The molecule has 0 amide bonds. The summed E-state index contributed by atoms with van der Waals surface area (Å²) in [5.41, 5.74) is 4.15. The van der Waals surface area contributed by atoms with Gasteiger partial charge in [0.25, 0.3) is 0 Å². The Morgan fingerprint density at radius 3 is 2.90 bits per heavy atom. The summed E-state index contributed by atoms with van der Waals surface area (Å²) in [4.78, 5) is 0. The van der Waals surface area contributed by atoms with E-state index in [1.54, 1.807) is 0 Å². The molecule has 0 radical (unpaired) electrons. The highest BCUT2D eigenvalue weighted by Crippen LogP contribution is 2.25. The molecule has 21 heavy (non-hydrogen) atoms. The minimum Gasteiger partial charge on any atom is -0.313 e. The molecule has 1 fully saturated rings. The highest BCUT2D eigenvalue weighted by molar-refractivity contribution is 5.26. The molecule has 3 nitrogen and oxygen atoms in total. The van der Waals surface area contributed by atoms with E-state index in [0.29, 0.717) is 5.92 Å². The summed E-state index contributed by atoms with van der Waals surface area (Å²) in [5.74, 6) is 0.589. The lowest BCUT2D eigenvalue weighted by Crippen LogP contribution is -2.24. The Hall–Kier alpha value is -1.61. The molecule has 1 aromatic heterocycles. The fourth-order valence-corrected chi connectivity index (χ4v) is 2.85. The van der Waals surface area contributed by atoms with E-state index in [2.05, 4.69) is 47.8 Å². The predicted octanol–water partition coefficient (Wildman–Crippen LogP) is 3.20. The Morgan fingerprint density at radius 1 is 1.38 bits per heavy atom. The second-order valence-corrected chi connectivity index (χ2v) is 6.35. The quantitative estimate of drug-likeness (QED) is 0.845. The van der Waals surface area contributed by atoms with Crippen molar-refractivity contribution in [3.05, 3.63) is 53.3 Å². The summed E-state index contributed by atoms with van der Waals surface area (Å²) in [6, 6.07) is 9.74. The molecule has 1 heterocycles. The number of rotatable bonds is 7. The fourth-order valence-electron chi connectivity index (χ4n) is 2.85. The maximum Gasteiger partial charge on any atom is 0.0521 e. The summed E-state index contributed by atoms with van der Waals surface area (Å²) in [6.45, 7) is 3.27. The van der Waals surface area contributed by atoms with E-state index in [0.717, 1.165) is 19.0 Å². The van der Waals surface area contributed by atoms with E-state index in [9.17, 15) is 0 Å². The zero-order chi connectivity index (χ0) is 14.7. The second kappa shape index (κ2) is 6.44. The van der Waals surface area contributed by atoms with Gasteiger partial charge in [0, 0.05) is 25.8 Å². The average Bonchev–Trinajstić information content (AvgIpc) is 3.20. The van der Waals surface area contributed by atoms with Crippen LogP contribution in [-0.2, 0) is 13.5 Å². The number of aromatic nitrogens is 2. The van der Waals surface area contributed by atoms with Crippen LogP contribution in [0.4, 0.5) is 0 Å². The largest absolute Gasteiger partial charge is 0.313 e. The van der Waals surface area contributed by atoms with Crippen LogP contribution in [-0.4, -0.2) is 22.4 Å². The first-order chi connectivity index (χ1) is 10.2. The van der Waals surface area contributed by atoms with Gasteiger partial charge in [0.15, 0.2) is 0 Å². The maximum atomic E-state index is 4.27. The third kappa shape index (κ3) is 4.18. The highest BCUT2D eigenvalue weighted by Gasteiger charge is 2.22. The van der Waals surface area contributed by atoms with E-state index in [1.807, 2.05) is 17.9 Å². The lowest BCUT2D eigenvalue weighted by atomic mass is 9.92. The Morgan fingerprint density at radius 2 is 2.24 bits per heavy atom. The molecule has 1 aliphatic carbocycles. The molecule has 1 unspecified atom stereocenters. The molecule has 2 aromatic rings. The SMILES string of the molecule is Cc1cccc(C(CCc2cnn(C)c2)CNC2CC2)c1. The van der Waals surface area contributed by atoms with E-state index in [4.69, 9.17) is 0 Å². The molecule has 0 bridgehead atoms. The normalized spacial score (nSPS) is 16.1. The van der Waals surface area contributed by atoms with E-state index >= 15 is 0 Å². The third-order valence-electron chi connectivity index (χ3n) is 4.28. The van der Waals surface area contributed by atoms with Crippen molar-refractivity contribution in [2.24, 2.45) is 7.05 Å². The van der Waals surface area contributed by atoms with Crippen LogP contribution in [0.2, 0.25) is 0 Å². The van der Waals surface area contributed by atoms with Crippen molar-refractivity contribution in [2.45, 2.75) is 44.6 Å².